The number of benzene rings is 1. The summed E-state index contributed by atoms with van der Waals surface area (Å²) in [6, 6.07) is 6.30. The first-order valence-electron chi connectivity index (χ1n) is 6.34. The van der Waals surface area contributed by atoms with Gasteiger partial charge in [-0.3, -0.25) is 0 Å². The van der Waals surface area contributed by atoms with Crippen LogP contribution in [0.15, 0.2) is 18.2 Å². The molecule has 0 fully saturated rings. The van der Waals surface area contributed by atoms with Crippen LogP contribution in [0.3, 0.4) is 0 Å². The molecule has 0 amide bonds. The van der Waals surface area contributed by atoms with Crippen molar-refractivity contribution in [2.45, 2.75) is 26.3 Å². The average molecular weight is 234 g/mol. The zero-order valence-electron chi connectivity index (χ0n) is 10.6. The molecule has 4 N–H and O–H groups in total. The number of hydrogen-bond acceptors (Lipinski definition) is 3. The maximum Gasteiger partial charge on any atom is 0.122 e. The summed E-state index contributed by atoms with van der Waals surface area (Å²) in [6.45, 7) is 5.77. The van der Waals surface area contributed by atoms with Crippen molar-refractivity contribution in [1.29, 1.82) is 0 Å². The van der Waals surface area contributed by atoms with Crippen LogP contribution in [0.4, 0.5) is 0 Å². The molecule has 17 heavy (non-hydrogen) atoms. The van der Waals surface area contributed by atoms with Crippen molar-refractivity contribution >= 4 is 0 Å². The molecule has 0 aliphatic carbocycles. The van der Waals surface area contributed by atoms with Crippen molar-refractivity contribution < 1.29 is 4.74 Å². The third kappa shape index (κ3) is 2.45. The summed E-state index contributed by atoms with van der Waals surface area (Å²) in [4.78, 5) is 0. The van der Waals surface area contributed by atoms with Gasteiger partial charge in [0.05, 0.1) is 6.61 Å². The summed E-state index contributed by atoms with van der Waals surface area (Å²) in [5, 5.41) is 0. The lowest BCUT2D eigenvalue weighted by atomic mass is 9.84. The molecule has 2 unspecified atom stereocenters. The van der Waals surface area contributed by atoms with Gasteiger partial charge in [-0.25, -0.2) is 0 Å². The Hall–Kier alpha value is -1.06. The molecule has 2 atom stereocenters. The van der Waals surface area contributed by atoms with E-state index >= 15 is 0 Å². The molecule has 1 aliphatic rings. The Morgan fingerprint density at radius 2 is 2.12 bits per heavy atom. The third-order valence-electron chi connectivity index (χ3n) is 3.69. The molecule has 0 bridgehead atoms. The largest absolute Gasteiger partial charge is 0.493 e. The number of nitrogens with two attached hydrogens (primary N) is 2. The number of hydrogen-bond donors (Lipinski definition) is 2. The third-order valence-corrected chi connectivity index (χ3v) is 3.69. The van der Waals surface area contributed by atoms with E-state index in [4.69, 9.17) is 16.2 Å². The fourth-order valence-electron chi connectivity index (χ4n) is 2.49. The number of fused-ring (bicyclic) bond motifs is 1. The van der Waals surface area contributed by atoms with Crippen LogP contribution in [0.1, 0.15) is 31.0 Å². The van der Waals surface area contributed by atoms with E-state index in [2.05, 4.69) is 26.0 Å². The Balaban J connectivity index is 2.21. The maximum atomic E-state index is 6.32. The van der Waals surface area contributed by atoms with E-state index in [0.29, 0.717) is 18.4 Å². The van der Waals surface area contributed by atoms with Gasteiger partial charge in [0, 0.05) is 12.5 Å². The smallest absolute Gasteiger partial charge is 0.122 e. The Morgan fingerprint density at radius 3 is 2.76 bits per heavy atom. The van der Waals surface area contributed by atoms with E-state index in [1.54, 1.807) is 0 Å². The van der Waals surface area contributed by atoms with E-state index in [-0.39, 0.29) is 6.04 Å². The fraction of sp³-hybridized carbons (Fsp3) is 0.571. The van der Waals surface area contributed by atoms with Crippen LogP contribution in [-0.2, 0) is 6.42 Å². The Morgan fingerprint density at radius 1 is 1.35 bits per heavy atom. The van der Waals surface area contributed by atoms with E-state index in [1.807, 2.05) is 6.07 Å². The van der Waals surface area contributed by atoms with Gasteiger partial charge in [-0.2, -0.15) is 0 Å². The molecule has 0 saturated carbocycles. The maximum absolute atomic E-state index is 6.32. The minimum Gasteiger partial charge on any atom is -0.493 e. The molecule has 0 saturated heterocycles. The standard InChI is InChI=1S/C14H22N2O/c1-9(2)12(8-15)14(16)11-3-4-13-10(7-11)5-6-17-13/h3-4,7,9,12,14H,5-6,8,15-16H2,1-2H3. The van der Waals surface area contributed by atoms with Crippen molar-refractivity contribution in [3.63, 3.8) is 0 Å². The molecule has 3 nitrogen and oxygen atoms in total. The highest BCUT2D eigenvalue weighted by Gasteiger charge is 2.23. The van der Waals surface area contributed by atoms with Gasteiger partial charge in [-0.1, -0.05) is 26.0 Å². The van der Waals surface area contributed by atoms with Crippen LogP contribution < -0.4 is 16.2 Å². The molecule has 94 valence electrons. The van der Waals surface area contributed by atoms with Crippen molar-refractivity contribution in [2.75, 3.05) is 13.2 Å². The lowest BCUT2D eigenvalue weighted by Gasteiger charge is -2.26. The minimum atomic E-state index is 0.0194. The Bertz CT molecular complexity index is 390. The molecule has 1 aromatic carbocycles. The first kappa shape index (κ1) is 12.4. The summed E-state index contributed by atoms with van der Waals surface area (Å²) >= 11 is 0. The SMILES string of the molecule is CC(C)C(CN)C(N)c1ccc2c(c1)CCO2. The van der Waals surface area contributed by atoms with Gasteiger partial charge in [0.2, 0.25) is 0 Å². The highest BCUT2D eigenvalue weighted by molar-refractivity contribution is 5.40. The fourth-order valence-corrected chi connectivity index (χ4v) is 2.49. The van der Waals surface area contributed by atoms with Crippen LogP contribution in [-0.4, -0.2) is 13.2 Å². The summed E-state index contributed by atoms with van der Waals surface area (Å²) < 4.78 is 5.50. The van der Waals surface area contributed by atoms with Gasteiger partial charge in [0.25, 0.3) is 0 Å². The molecule has 0 aromatic heterocycles. The molecule has 0 spiro atoms. The molecule has 1 aromatic rings. The summed E-state index contributed by atoms with van der Waals surface area (Å²) in [5.41, 5.74) is 14.6. The molecular formula is C14H22N2O. The zero-order valence-corrected chi connectivity index (χ0v) is 10.6. The van der Waals surface area contributed by atoms with Gasteiger partial charge in [0.1, 0.15) is 5.75 Å². The van der Waals surface area contributed by atoms with Crippen molar-refractivity contribution in [3.8, 4) is 5.75 Å². The van der Waals surface area contributed by atoms with Gasteiger partial charge in [0.15, 0.2) is 0 Å². The molecule has 1 aliphatic heterocycles. The second-order valence-electron chi connectivity index (χ2n) is 5.13. The van der Waals surface area contributed by atoms with Crippen LogP contribution in [0, 0.1) is 11.8 Å². The molecule has 2 rings (SSSR count). The molecule has 1 heterocycles. The second kappa shape index (κ2) is 5.07. The summed E-state index contributed by atoms with van der Waals surface area (Å²) in [7, 11) is 0. The molecule has 3 heteroatoms. The number of ether oxygens (including phenoxy) is 1. The second-order valence-corrected chi connectivity index (χ2v) is 5.13. The van der Waals surface area contributed by atoms with Crippen LogP contribution in [0.25, 0.3) is 0 Å². The van der Waals surface area contributed by atoms with E-state index < -0.39 is 0 Å². The zero-order chi connectivity index (χ0) is 12.4. The Labute approximate surface area is 103 Å². The highest BCUT2D eigenvalue weighted by atomic mass is 16.5. The minimum absolute atomic E-state index is 0.0194. The monoisotopic (exact) mass is 234 g/mol. The number of rotatable bonds is 4. The quantitative estimate of drug-likeness (QED) is 0.835. The molecule has 0 radical (unpaired) electrons. The predicted octanol–water partition coefficient (Wildman–Crippen LogP) is 1.85. The van der Waals surface area contributed by atoms with Crippen molar-refractivity contribution in [3.05, 3.63) is 29.3 Å². The van der Waals surface area contributed by atoms with Gasteiger partial charge < -0.3 is 16.2 Å². The van der Waals surface area contributed by atoms with Crippen molar-refractivity contribution in [1.82, 2.24) is 0 Å². The summed E-state index contributed by atoms with van der Waals surface area (Å²) in [6.07, 6.45) is 0.991. The van der Waals surface area contributed by atoms with Gasteiger partial charge in [-0.05, 0) is 35.6 Å². The first-order valence-corrected chi connectivity index (χ1v) is 6.34. The lowest BCUT2D eigenvalue weighted by Crippen LogP contribution is -2.31. The van der Waals surface area contributed by atoms with Crippen LogP contribution in [0.5, 0.6) is 5.75 Å². The normalized spacial score (nSPS) is 17.7. The van der Waals surface area contributed by atoms with E-state index in [1.165, 1.54) is 11.1 Å². The Kier molecular flexibility index (Phi) is 3.69. The average Bonchev–Trinajstić information content (AvgIpc) is 2.75. The topological polar surface area (TPSA) is 61.3 Å². The van der Waals surface area contributed by atoms with Crippen LogP contribution in [0.2, 0.25) is 0 Å². The van der Waals surface area contributed by atoms with Crippen LogP contribution >= 0.6 is 0 Å². The molecular weight excluding hydrogens is 212 g/mol. The van der Waals surface area contributed by atoms with Gasteiger partial charge >= 0.3 is 0 Å². The van der Waals surface area contributed by atoms with E-state index in [9.17, 15) is 0 Å². The van der Waals surface area contributed by atoms with Gasteiger partial charge in [-0.15, -0.1) is 0 Å². The highest BCUT2D eigenvalue weighted by Crippen LogP contribution is 2.31. The first-order chi connectivity index (χ1) is 8.13. The van der Waals surface area contributed by atoms with Crippen molar-refractivity contribution in [2.24, 2.45) is 23.3 Å². The van der Waals surface area contributed by atoms with E-state index in [0.717, 1.165) is 18.8 Å². The lowest BCUT2D eigenvalue weighted by molar-refractivity contribution is 0.331. The summed E-state index contributed by atoms with van der Waals surface area (Å²) in [5.74, 6) is 1.84. The predicted molar refractivity (Wildman–Crippen MR) is 70.0 cm³/mol.